The Morgan fingerprint density at radius 1 is 0.926 bits per heavy atom. The minimum atomic E-state index is 0.480. The van der Waals surface area contributed by atoms with E-state index in [2.05, 4.69) is 31.9 Å². The van der Waals surface area contributed by atoms with Crippen LogP contribution in [0.5, 0.6) is 11.5 Å². The summed E-state index contributed by atoms with van der Waals surface area (Å²) in [7, 11) is 3.33. The van der Waals surface area contributed by atoms with E-state index in [1.165, 1.54) is 0 Å². The molecule has 27 heavy (non-hydrogen) atoms. The second-order valence-corrected chi connectivity index (χ2v) is 5.86. The summed E-state index contributed by atoms with van der Waals surface area (Å²) in [6.07, 6.45) is 2.43. The van der Waals surface area contributed by atoms with E-state index < -0.39 is 0 Å². The molecule has 0 radical (unpaired) electrons. The van der Waals surface area contributed by atoms with Crippen LogP contribution in [0.4, 0.5) is 11.8 Å². The van der Waals surface area contributed by atoms with Crippen LogP contribution in [0.2, 0.25) is 0 Å². The van der Waals surface area contributed by atoms with E-state index >= 15 is 0 Å². The van der Waals surface area contributed by atoms with Gasteiger partial charge in [-0.25, -0.2) is 0 Å². The minimum Gasteiger partial charge on any atom is -0.497 e. The van der Waals surface area contributed by atoms with Gasteiger partial charge < -0.3 is 20.1 Å². The standard InChI is InChI=1S/C20H23N5O2/c1-26-17-9-7-15(8-10-17)13-22-20-24-19(14-23-25-20)21-12-11-16-5-3-4-6-18(16)27-2/h3-10,14H,11-13H2,1-2H3,(H2,21,22,24,25). The molecule has 0 unspecified atom stereocenters. The highest BCUT2D eigenvalue weighted by atomic mass is 16.5. The lowest BCUT2D eigenvalue weighted by atomic mass is 10.1. The molecule has 7 nitrogen and oxygen atoms in total. The SMILES string of the molecule is COc1ccc(CNc2nncc(NCCc3ccccc3OC)n2)cc1. The molecule has 3 aromatic rings. The predicted molar refractivity (Wildman–Crippen MR) is 105 cm³/mol. The number of nitrogens with one attached hydrogen (secondary N) is 2. The Morgan fingerprint density at radius 3 is 2.52 bits per heavy atom. The van der Waals surface area contributed by atoms with Crippen molar-refractivity contribution in [2.45, 2.75) is 13.0 Å². The van der Waals surface area contributed by atoms with E-state index in [1.807, 2.05) is 42.5 Å². The molecule has 140 valence electrons. The zero-order chi connectivity index (χ0) is 18.9. The zero-order valence-corrected chi connectivity index (χ0v) is 15.5. The smallest absolute Gasteiger partial charge is 0.244 e. The third-order valence-electron chi connectivity index (χ3n) is 4.06. The molecule has 0 aliphatic heterocycles. The average molecular weight is 365 g/mol. The Bertz CT molecular complexity index is 855. The Balaban J connectivity index is 1.52. The van der Waals surface area contributed by atoms with Crippen LogP contribution in [0.1, 0.15) is 11.1 Å². The first kappa shape index (κ1) is 18.4. The molecule has 0 fully saturated rings. The van der Waals surface area contributed by atoms with Crippen molar-refractivity contribution in [3.63, 3.8) is 0 Å². The fourth-order valence-electron chi connectivity index (χ4n) is 2.62. The number of rotatable bonds is 9. The van der Waals surface area contributed by atoms with E-state index in [-0.39, 0.29) is 0 Å². The Labute approximate surface area is 158 Å². The van der Waals surface area contributed by atoms with Gasteiger partial charge in [0, 0.05) is 13.1 Å². The molecule has 0 aliphatic carbocycles. The molecule has 0 aliphatic rings. The summed E-state index contributed by atoms with van der Waals surface area (Å²) >= 11 is 0. The molecule has 0 saturated heterocycles. The molecular weight excluding hydrogens is 342 g/mol. The van der Waals surface area contributed by atoms with Gasteiger partial charge in [0.05, 0.1) is 20.4 Å². The van der Waals surface area contributed by atoms with E-state index in [9.17, 15) is 0 Å². The van der Waals surface area contributed by atoms with Gasteiger partial charge in [0.2, 0.25) is 5.95 Å². The monoisotopic (exact) mass is 365 g/mol. The molecule has 0 spiro atoms. The van der Waals surface area contributed by atoms with Crippen molar-refractivity contribution in [2.75, 3.05) is 31.4 Å². The summed E-state index contributed by atoms with van der Waals surface area (Å²) < 4.78 is 10.5. The van der Waals surface area contributed by atoms with Crippen molar-refractivity contribution in [3.8, 4) is 11.5 Å². The van der Waals surface area contributed by atoms with E-state index in [0.29, 0.717) is 18.3 Å². The number of methoxy groups -OCH3 is 2. The van der Waals surface area contributed by atoms with Crippen molar-refractivity contribution in [1.29, 1.82) is 0 Å². The topological polar surface area (TPSA) is 81.2 Å². The van der Waals surface area contributed by atoms with Gasteiger partial charge in [-0.05, 0) is 35.7 Å². The zero-order valence-electron chi connectivity index (χ0n) is 15.5. The molecule has 1 aromatic heterocycles. The van der Waals surface area contributed by atoms with Crippen LogP contribution in [-0.2, 0) is 13.0 Å². The van der Waals surface area contributed by atoms with Gasteiger partial charge in [-0.3, -0.25) is 0 Å². The number of ether oxygens (including phenoxy) is 2. The fraction of sp³-hybridized carbons (Fsp3) is 0.250. The summed E-state index contributed by atoms with van der Waals surface area (Å²) in [6.45, 7) is 1.33. The number of para-hydroxylation sites is 1. The van der Waals surface area contributed by atoms with Crippen molar-refractivity contribution in [3.05, 3.63) is 65.9 Å². The Hall–Kier alpha value is -3.35. The highest BCUT2D eigenvalue weighted by Crippen LogP contribution is 2.18. The molecular formula is C20H23N5O2. The maximum atomic E-state index is 5.37. The van der Waals surface area contributed by atoms with Gasteiger partial charge in [0.15, 0.2) is 5.82 Å². The Kier molecular flexibility index (Phi) is 6.40. The van der Waals surface area contributed by atoms with Gasteiger partial charge in [-0.2, -0.15) is 10.1 Å². The highest BCUT2D eigenvalue weighted by Gasteiger charge is 2.04. The number of hydrogen-bond donors (Lipinski definition) is 2. The number of aromatic nitrogens is 3. The number of hydrogen-bond acceptors (Lipinski definition) is 7. The minimum absolute atomic E-state index is 0.480. The molecule has 1 heterocycles. The molecule has 2 aromatic carbocycles. The molecule has 2 N–H and O–H groups in total. The Morgan fingerprint density at radius 2 is 1.74 bits per heavy atom. The van der Waals surface area contributed by atoms with Crippen LogP contribution < -0.4 is 20.1 Å². The summed E-state index contributed by atoms with van der Waals surface area (Å²) in [5.74, 6) is 2.88. The second kappa shape index (κ2) is 9.38. The molecule has 3 rings (SSSR count). The third-order valence-corrected chi connectivity index (χ3v) is 4.06. The maximum Gasteiger partial charge on any atom is 0.244 e. The van der Waals surface area contributed by atoms with E-state index in [0.717, 1.165) is 35.6 Å². The molecule has 7 heteroatoms. The second-order valence-electron chi connectivity index (χ2n) is 5.86. The maximum absolute atomic E-state index is 5.37. The lowest BCUT2D eigenvalue weighted by molar-refractivity contribution is 0.410. The summed E-state index contributed by atoms with van der Waals surface area (Å²) in [5, 5.41) is 14.5. The fourth-order valence-corrected chi connectivity index (χ4v) is 2.62. The normalized spacial score (nSPS) is 10.3. The number of nitrogens with zero attached hydrogens (tertiary/aromatic N) is 3. The molecule has 0 saturated carbocycles. The lowest BCUT2D eigenvalue weighted by Gasteiger charge is -2.10. The first-order valence-corrected chi connectivity index (χ1v) is 8.71. The predicted octanol–water partition coefficient (Wildman–Crippen LogP) is 3.16. The van der Waals surface area contributed by atoms with Crippen molar-refractivity contribution in [2.24, 2.45) is 0 Å². The number of benzene rings is 2. The van der Waals surface area contributed by atoms with Crippen LogP contribution >= 0.6 is 0 Å². The van der Waals surface area contributed by atoms with E-state index in [4.69, 9.17) is 9.47 Å². The summed E-state index contributed by atoms with van der Waals surface area (Å²) in [5.41, 5.74) is 2.25. The summed E-state index contributed by atoms with van der Waals surface area (Å²) in [4.78, 5) is 4.44. The molecule has 0 amide bonds. The van der Waals surface area contributed by atoms with Gasteiger partial charge >= 0.3 is 0 Å². The van der Waals surface area contributed by atoms with Crippen LogP contribution in [0.25, 0.3) is 0 Å². The van der Waals surface area contributed by atoms with Crippen molar-refractivity contribution >= 4 is 11.8 Å². The largest absolute Gasteiger partial charge is 0.497 e. The number of anilines is 2. The third kappa shape index (κ3) is 5.31. The van der Waals surface area contributed by atoms with Crippen LogP contribution in [0.3, 0.4) is 0 Å². The van der Waals surface area contributed by atoms with Crippen LogP contribution in [-0.4, -0.2) is 35.9 Å². The van der Waals surface area contributed by atoms with Crippen molar-refractivity contribution in [1.82, 2.24) is 15.2 Å². The van der Waals surface area contributed by atoms with Gasteiger partial charge in [-0.1, -0.05) is 30.3 Å². The van der Waals surface area contributed by atoms with Gasteiger partial charge in [0.25, 0.3) is 0 Å². The highest BCUT2D eigenvalue weighted by molar-refractivity contribution is 5.39. The quantitative estimate of drug-likeness (QED) is 0.603. The van der Waals surface area contributed by atoms with E-state index in [1.54, 1.807) is 20.4 Å². The molecule has 0 atom stereocenters. The summed E-state index contributed by atoms with van der Waals surface area (Å²) in [6, 6.07) is 15.8. The first-order valence-electron chi connectivity index (χ1n) is 8.71. The van der Waals surface area contributed by atoms with Gasteiger partial charge in [0.1, 0.15) is 11.5 Å². The average Bonchev–Trinajstić information content (AvgIpc) is 2.73. The molecule has 0 bridgehead atoms. The van der Waals surface area contributed by atoms with Crippen molar-refractivity contribution < 1.29 is 9.47 Å². The lowest BCUT2D eigenvalue weighted by Crippen LogP contribution is -2.10. The first-order chi connectivity index (χ1) is 13.3. The van der Waals surface area contributed by atoms with Crippen LogP contribution in [0, 0.1) is 0 Å². The van der Waals surface area contributed by atoms with Gasteiger partial charge in [-0.15, -0.1) is 5.10 Å². The van der Waals surface area contributed by atoms with Crippen LogP contribution in [0.15, 0.2) is 54.7 Å².